The van der Waals surface area contributed by atoms with Crippen LogP contribution in [0.1, 0.15) is 60.7 Å². The number of benzene rings is 1. The van der Waals surface area contributed by atoms with E-state index in [2.05, 4.69) is 10.1 Å². The van der Waals surface area contributed by atoms with Crippen LogP contribution in [0.15, 0.2) is 35.0 Å². The number of rotatable bonds is 3. The highest BCUT2D eigenvalue weighted by molar-refractivity contribution is 6.06. The molecule has 0 saturated carbocycles. The maximum atomic E-state index is 13.2. The second-order valence-electron chi connectivity index (χ2n) is 6.97. The molecule has 0 radical (unpaired) electrons. The van der Waals surface area contributed by atoms with Crippen LogP contribution < -0.4 is 0 Å². The van der Waals surface area contributed by atoms with E-state index in [1.807, 2.05) is 60.8 Å². The molecule has 0 aliphatic carbocycles. The van der Waals surface area contributed by atoms with Crippen molar-refractivity contribution in [1.29, 1.82) is 0 Å². The highest BCUT2D eigenvalue weighted by atomic mass is 16.5. The van der Waals surface area contributed by atoms with Crippen LogP contribution in [0, 0.1) is 0 Å². The molecule has 0 spiro atoms. The molecule has 1 amide bonds. The lowest BCUT2D eigenvalue weighted by Crippen LogP contribution is -2.31. The first-order valence-corrected chi connectivity index (χ1v) is 8.75. The van der Waals surface area contributed by atoms with Crippen LogP contribution in [-0.4, -0.2) is 32.1 Å². The van der Waals surface area contributed by atoms with Crippen molar-refractivity contribution in [3.05, 3.63) is 47.7 Å². The Hall–Kier alpha value is -2.63. The van der Waals surface area contributed by atoms with Gasteiger partial charge in [-0.1, -0.05) is 25.1 Å². The van der Waals surface area contributed by atoms with Gasteiger partial charge in [-0.25, -0.2) is 0 Å². The molecular formula is C19H22N4O2. The SMILES string of the molecule is CC(C)c1nc(C2CCCN2C(=O)c2cccc3c2ccn3C)no1. The Morgan fingerprint density at radius 1 is 1.32 bits per heavy atom. The predicted molar refractivity (Wildman–Crippen MR) is 94.3 cm³/mol. The smallest absolute Gasteiger partial charge is 0.255 e. The van der Waals surface area contributed by atoms with Crippen molar-refractivity contribution in [3.63, 3.8) is 0 Å². The maximum Gasteiger partial charge on any atom is 0.255 e. The van der Waals surface area contributed by atoms with Gasteiger partial charge in [0.1, 0.15) is 0 Å². The molecule has 1 aliphatic heterocycles. The van der Waals surface area contributed by atoms with Crippen LogP contribution in [0.4, 0.5) is 0 Å². The molecule has 4 rings (SSSR count). The van der Waals surface area contributed by atoms with Gasteiger partial charge in [-0.05, 0) is 31.0 Å². The van der Waals surface area contributed by atoms with Gasteiger partial charge in [-0.3, -0.25) is 4.79 Å². The Kier molecular flexibility index (Phi) is 3.82. The highest BCUT2D eigenvalue weighted by Gasteiger charge is 2.34. The van der Waals surface area contributed by atoms with Gasteiger partial charge in [0.25, 0.3) is 5.91 Å². The van der Waals surface area contributed by atoms with Crippen molar-refractivity contribution >= 4 is 16.8 Å². The van der Waals surface area contributed by atoms with Crippen molar-refractivity contribution < 1.29 is 9.32 Å². The first kappa shape index (κ1) is 15.9. The lowest BCUT2D eigenvalue weighted by Gasteiger charge is -2.22. The summed E-state index contributed by atoms with van der Waals surface area (Å²) < 4.78 is 7.37. The minimum absolute atomic E-state index is 0.0372. The van der Waals surface area contributed by atoms with E-state index < -0.39 is 0 Å². The quantitative estimate of drug-likeness (QED) is 0.731. The fraction of sp³-hybridized carbons (Fsp3) is 0.421. The number of amides is 1. The van der Waals surface area contributed by atoms with Gasteiger partial charge in [0.05, 0.1) is 6.04 Å². The van der Waals surface area contributed by atoms with Crippen LogP contribution in [-0.2, 0) is 7.05 Å². The van der Waals surface area contributed by atoms with Gasteiger partial charge in [0.15, 0.2) is 5.82 Å². The highest BCUT2D eigenvalue weighted by Crippen LogP contribution is 2.33. The zero-order chi connectivity index (χ0) is 17.6. The molecule has 3 heterocycles. The second kappa shape index (κ2) is 6.02. The average Bonchev–Trinajstić information content (AvgIpc) is 3.33. The zero-order valence-electron chi connectivity index (χ0n) is 14.8. The number of nitrogens with zero attached hydrogens (tertiary/aromatic N) is 4. The van der Waals surface area contributed by atoms with E-state index in [4.69, 9.17) is 4.52 Å². The zero-order valence-corrected chi connectivity index (χ0v) is 14.8. The van der Waals surface area contributed by atoms with E-state index in [1.54, 1.807) is 0 Å². The first-order valence-electron chi connectivity index (χ1n) is 8.75. The third kappa shape index (κ3) is 2.62. The van der Waals surface area contributed by atoms with Gasteiger partial charge in [-0.2, -0.15) is 4.98 Å². The Morgan fingerprint density at radius 3 is 2.92 bits per heavy atom. The minimum atomic E-state index is -0.109. The van der Waals surface area contributed by atoms with E-state index >= 15 is 0 Å². The van der Waals surface area contributed by atoms with E-state index in [0.717, 1.165) is 35.9 Å². The van der Waals surface area contributed by atoms with Gasteiger partial charge in [0, 0.05) is 42.2 Å². The molecule has 2 aromatic heterocycles. The summed E-state index contributed by atoms with van der Waals surface area (Å²) in [6.07, 6.45) is 3.80. The molecule has 130 valence electrons. The number of carbonyl (C=O) groups excluding carboxylic acids is 1. The number of hydrogen-bond donors (Lipinski definition) is 0. The van der Waals surface area contributed by atoms with Crippen molar-refractivity contribution in [2.75, 3.05) is 6.54 Å². The topological polar surface area (TPSA) is 64.2 Å². The average molecular weight is 338 g/mol. The summed E-state index contributed by atoms with van der Waals surface area (Å²) in [7, 11) is 1.99. The molecule has 1 aliphatic rings. The molecule has 3 aromatic rings. The molecule has 1 fully saturated rings. The van der Waals surface area contributed by atoms with E-state index in [0.29, 0.717) is 11.7 Å². The van der Waals surface area contributed by atoms with Gasteiger partial charge in [-0.15, -0.1) is 0 Å². The molecule has 1 aromatic carbocycles. The Morgan fingerprint density at radius 2 is 2.16 bits per heavy atom. The van der Waals surface area contributed by atoms with Crippen LogP contribution >= 0.6 is 0 Å². The summed E-state index contributed by atoms with van der Waals surface area (Å²) >= 11 is 0. The summed E-state index contributed by atoms with van der Waals surface area (Å²) in [5, 5.41) is 5.11. The summed E-state index contributed by atoms with van der Waals surface area (Å²) in [6.45, 7) is 4.76. The number of hydrogen-bond acceptors (Lipinski definition) is 4. The summed E-state index contributed by atoms with van der Waals surface area (Å²) in [4.78, 5) is 19.6. The van der Waals surface area contributed by atoms with Crippen LogP contribution in [0.25, 0.3) is 10.9 Å². The first-order chi connectivity index (χ1) is 12.1. The molecule has 6 heteroatoms. The third-order valence-corrected chi connectivity index (χ3v) is 4.92. The van der Waals surface area contributed by atoms with E-state index in [1.165, 1.54) is 0 Å². The van der Waals surface area contributed by atoms with Crippen LogP contribution in [0.5, 0.6) is 0 Å². The number of likely N-dealkylation sites (tertiary alicyclic amines) is 1. The Balaban J connectivity index is 1.68. The van der Waals surface area contributed by atoms with Crippen molar-refractivity contribution in [2.45, 2.75) is 38.6 Å². The van der Waals surface area contributed by atoms with Crippen molar-refractivity contribution in [1.82, 2.24) is 19.6 Å². The molecule has 1 atom stereocenters. The van der Waals surface area contributed by atoms with E-state index in [9.17, 15) is 4.79 Å². The summed E-state index contributed by atoms with van der Waals surface area (Å²) in [5.41, 5.74) is 1.79. The Labute approximate surface area is 146 Å². The minimum Gasteiger partial charge on any atom is -0.351 e. The molecule has 6 nitrogen and oxygen atoms in total. The fourth-order valence-corrected chi connectivity index (χ4v) is 3.54. The molecule has 25 heavy (non-hydrogen) atoms. The van der Waals surface area contributed by atoms with Gasteiger partial charge in [0.2, 0.25) is 5.89 Å². The lowest BCUT2D eigenvalue weighted by atomic mass is 10.1. The molecule has 0 N–H and O–H groups in total. The summed E-state index contributed by atoms with van der Waals surface area (Å²) in [6, 6.07) is 7.75. The molecular weight excluding hydrogens is 316 g/mol. The number of fused-ring (bicyclic) bond motifs is 1. The van der Waals surface area contributed by atoms with Crippen molar-refractivity contribution in [2.24, 2.45) is 7.05 Å². The van der Waals surface area contributed by atoms with Crippen LogP contribution in [0.2, 0.25) is 0 Å². The second-order valence-corrected chi connectivity index (χ2v) is 6.97. The number of aryl methyl sites for hydroxylation is 1. The third-order valence-electron chi connectivity index (χ3n) is 4.92. The normalized spacial score (nSPS) is 17.8. The summed E-state index contributed by atoms with van der Waals surface area (Å²) in [5.74, 6) is 1.47. The number of carbonyl (C=O) groups is 1. The standard InChI is InChI=1S/C19H22N4O2/c1-12(2)18-20-17(21-25-18)16-8-5-10-23(16)19(24)14-6-4-7-15-13(14)9-11-22(15)3/h4,6-7,9,11-12,16H,5,8,10H2,1-3H3. The monoisotopic (exact) mass is 338 g/mol. The maximum absolute atomic E-state index is 13.2. The predicted octanol–water partition coefficient (Wildman–Crippen LogP) is 3.66. The number of aromatic nitrogens is 3. The van der Waals surface area contributed by atoms with Crippen LogP contribution in [0.3, 0.4) is 0 Å². The van der Waals surface area contributed by atoms with Gasteiger partial charge >= 0.3 is 0 Å². The molecule has 1 saturated heterocycles. The Bertz CT molecular complexity index is 925. The van der Waals surface area contributed by atoms with Crippen molar-refractivity contribution in [3.8, 4) is 0 Å². The largest absolute Gasteiger partial charge is 0.351 e. The lowest BCUT2D eigenvalue weighted by molar-refractivity contribution is 0.0730. The van der Waals surface area contributed by atoms with E-state index in [-0.39, 0.29) is 17.9 Å². The fourth-order valence-electron chi connectivity index (χ4n) is 3.54. The van der Waals surface area contributed by atoms with Gasteiger partial charge < -0.3 is 14.0 Å². The molecule has 1 unspecified atom stereocenters. The molecule has 0 bridgehead atoms.